The van der Waals surface area contributed by atoms with E-state index in [2.05, 4.69) is 0 Å². The Morgan fingerprint density at radius 1 is 1.25 bits per heavy atom. The third-order valence-corrected chi connectivity index (χ3v) is 4.73. The molecule has 2 saturated carbocycles. The molecule has 0 amide bonds. The summed E-state index contributed by atoms with van der Waals surface area (Å²) in [5.41, 5.74) is 6.79. The van der Waals surface area contributed by atoms with Gasteiger partial charge in [-0.25, -0.2) is 4.39 Å². The Balaban J connectivity index is 1.93. The van der Waals surface area contributed by atoms with Crippen LogP contribution in [0.5, 0.6) is 5.75 Å². The van der Waals surface area contributed by atoms with Gasteiger partial charge in [-0.1, -0.05) is 30.9 Å². The summed E-state index contributed by atoms with van der Waals surface area (Å²) in [6, 6.07) is 2.83. The van der Waals surface area contributed by atoms with Gasteiger partial charge in [-0.05, 0) is 43.7 Å². The van der Waals surface area contributed by atoms with Crippen molar-refractivity contribution in [2.45, 2.75) is 50.5 Å². The van der Waals surface area contributed by atoms with Gasteiger partial charge in [-0.15, -0.1) is 0 Å². The van der Waals surface area contributed by atoms with Gasteiger partial charge in [0.1, 0.15) is 11.6 Å². The average Bonchev–Trinajstić information content (AvgIpc) is 3.22. The lowest BCUT2D eigenvalue weighted by Crippen LogP contribution is -2.39. The van der Waals surface area contributed by atoms with Gasteiger partial charge in [-0.2, -0.15) is 0 Å². The highest BCUT2D eigenvalue weighted by molar-refractivity contribution is 6.32. The largest absolute Gasteiger partial charge is 0.491 e. The number of rotatable bonds is 4. The number of halogens is 2. The van der Waals surface area contributed by atoms with Crippen LogP contribution >= 0.6 is 11.6 Å². The summed E-state index contributed by atoms with van der Waals surface area (Å²) < 4.78 is 19.6. The number of hydrogen-bond donors (Lipinski definition) is 1. The summed E-state index contributed by atoms with van der Waals surface area (Å²) in [5.74, 6) is 0.896. The third kappa shape index (κ3) is 2.94. The Labute approximate surface area is 124 Å². The molecule has 20 heavy (non-hydrogen) atoms. The molecule has 0 bridgehead atoms. The topological polar surface area (TPSA) is 35.2 Å². The van der Waals surface area contributed by atoms with Crippen molar-refractivity contribution in [1.29, 1.82) is 0 Å². The summed E-state index contributed by atoms with van der Waals surface area (Å²) in [5, 5.41) is 0.344. The van der Waals surface area contributed by atoms with Crippen molar-refractivity contribution in [3.8, 4) is 5.75 Å². The van der Waals surface area contributed by atoms with Gasteiger partial charge in [0.2, 0.25) is 0 Å². The van der Waals surface area contributed by atoms with Crippen molar-refractivity contribution in [3.05, 3.63) is 28.5 Å². The van der Waals surface area contributed by atoms with E-state index in [1.807, 2.05) is 0 Å². The first-order valence-electron chi connectivity index (χ1n) is 7.50. The predicted molar refractivity (Wildman–Crippen MR) is 78.6 cm³/mol. The summed E-state index contributed by atoms with van der Waals surface area (Å²) in [6.45, 7) is 0.661. The fourth-order valence-corrected chi connectivity index (χ4v) is 3.28. The van der Waals surface area contributed by atoms with Gasteiger partial charge in [0.15, 0.2) is 0 Å². The van der Waals surface area contributed by atoms with Crippen LogP contribution in [0.25, 0.3) is 0 Å². The molecule has 1 aromatic carbocycles. The molecule has 1 aromatic rings. The van der Waals surface area contributed by atoms with Gasteiger partial charge in [0.05, 0.1) is 11.6 Å². The van der Waals surface area contributed by atoms with E-state index < -0.39 is 5.54 Å². The second-order valence-corrected chi connectivity index (χ2v) is 6.64. The Hall–Kier alpha value is -0.800. The first-order chi connectivity index (χ1) is 9.58. The van der Waals surface area contributed by atoms with Crippen molar-refractivity contribution in [3.63, 3.8) is 0 Å². The highest BCUT2D eigenvalue weighted by atomic mass is 35.5. The molecule has 0 aromatic heterocycles. The maximum Gasteiger partial charge on any atom is 0.143 e. The standard InChI is InChI=1S/C16H21ClFNO/c17-14-9-12(18)8-13(15(14)20-10-11-4-5-11)16(19)6-2-1-3-7-16/h8-9,11H,1-7,10,19H2. The molecule has 0 spiro atoms. The Kier molecular flexibility index (Phi) is 3.91. The van der Waals surface area contributed by atoms with Crippen LogP contribution in [0.4, 0.5) is 4.39 Å². The van der Waals surface area contributed by atoms with Crippen LogP contribution in [0.1, 0.15) is 50.5 Å². The van der Waals surface area contributed by atoms with Gasteiger partial charge in [0.25, 0.3) is 0 Å². The van der Waals surface area contributed by atoms with Gasteiger partial charge in [-0.3, -0.25) is 0 Å². The minimum atomic E-state index is -0.497. The molecule has 2 N–H and O–H groups in total. The van der Waals surface area contributed by atoms with Crippen molar-refractivity contribution >= 4 is 11.6 Å². The third-order valence-electron chi connectivity index (χ3n) is 4.45. The van der Waals surface area contributed by atoms with Crippen LogP contribution in [0.3, 0.4) is 0 Å². The lowest BCUT2D eigenvalue weighted by molar-refractivity contribution is 0.262. The Bertz CT molecular complexity index is 495. The molecule has 110 valence electrons. The predicted octanol–water partition coefficient (Wildman–Crippen LogP) is 4.39. The van der Waals surface area contributed by atoms with Crippen LogP contribution < -0.4 is 10.5 Å². The maximum absolute atomic E-state index is 13.7. The number of benzene rings is 1. The lowest BCUT2D eigenvalue weighted by atomic mass is 9.77. The minimum Gasteiger partial charge on any atom is -0.491 e. The fraction of sp³-hybridized carbons (Fsp3) is 0.625. The Morgan fingerprint density at radius 2 is 1.95 bits per heavy atom. The van der Waals surface area contributed by atoms with E-state index >= 15 is 0 Å². The van der Waals surface area contributed by atoms with Crippen molar-refractivity contribution in [2.75, 3.05) is 6.61 Å². The van der Waals surface area contributed by atoms with E-state index in [0.717, 1.165) is 31.2 Å². The maximum atomic E-state index is 13.7. The highest BCUT2D eigenvalue weighted by Crippen LogP contribution is 2.43. The molecule has 2 nitrogen and oxygen atoms in total. The van der Waals surface area contributed by atoms with Crippen LogP contribution in [0.15, 0.2) is 12.1 Å². The van der Waals surface area contributed by atoms with Crippen LogP contribution in [0.2, 0.25) is 5.02 Å². The summed E-state index contributed by atoms with van der Waals surface area (Å²) in [6.07, 6.45) is 7.50. The van der Waals surface area contributed by atoms with Crippen LogP contribution in [-0.4, -0.2) is 6.61 Å². The second kappa shape index (κ2) is 5.53. The minimum absolute atomic E-state index is 0.334. The van der Waals surface area contributed by atoms with Gasteiger partial charge in [0, 0.05) is 11.1 Å². The molecule has 3 rings (SSSR count). The number of hydrogen-bond acceptors (Lipinski definition) is 2. The molecule has 2 aliphatic carbocycles. The quantitative estimate of drug-likeness (QED) is 0.895. The van der Waals surface area contributed by atoms with Crippen LogP contribution in [-0.2, 0) is 5.54 Å². The highest BCUT2D eigenvalue weighted by Gasteiger charge is 2.34. The molecule has 0 aliphatic heterocycles. The number of nitrogens with two attached hydrogens (primary N) is 1. The van der Waals surface area contributed by atoms with E-state index in [-0.39, 0.29) is 5.82 Å². The smallest absolute Gasteiger partial charge is 0.143 e. The lowest BCUT2D eigenvalue weighted by Gasteiger charge is -2.35. The fourth-order valence-electron chi connectivity index (χ4n) is 3.01. The summed E-state index contributed by atoms with van der Waals surface area (Å²) >= 11 is 6.20. The normalized spacial score (nSPS) is 21.8. The molecule has 2 aliphatic rings. The van der Waals surface area contributed by atoms with E-state index in [0.29, 0.717) is 23.3 Å². The second-order valence-electron chi connectivity index (χ2n) is 6.24. The van der Waals surface area contributed by atoms with Gasteiger partial charge >= 0.3 is 0 Å². The summed E-state index contributed by atoms with van der Waals surface area (Å²) in [7, 11) is 0. The molecule has 2 fully saturated rings. The van der Waals surface area contributed by atoms with E-state index in [9.17, 15) is 4.39 Å². The molecule has 0 unspecified atom stereocenters. The zero-order valence-corrected chi connectivity index (χ0v) is 12.4. The van der Waals surface area contributed by atoms with Crippen molar-refractivity contribution < 1.29 is 9.13 Å². The van der Waals surface area contributed by atoms with E-state index in [1.54, 1.807) is 0 Å². The number of ether oxygens (including phenoxy) is 1. The molecule has 0 saturated heterocycles. The van der Waals surface area contributed by atoms with E-state index in [4.69, 9.17) is 22.1 Å². The van der Waals surface area contributed by atoms with Gasteiger partial charge < -0.3 is 10.5 Å². The van der Waals surface area contributed by atoms with Crippen LogP contribution in [0, 0.1) is 11.7 Å². The average molecular weight is 298 g/mol. The molecule has 0 heterocycles. The molecule has 4 heteroatoms. The molecular formula is C16H21ClFNO. The molecular weight excluding hydrogens is 277 g/mol. The first-order valence-corrected chi connectivity index (χ1v) is 7.87. The SMILES string of the molecule is NC1(c2cc(F)cc(Cl)c2OCC2CC2)CCCCC1. The molecule has 0 atom stereocenters. The Morgan fingerprint density at radius 3 is 2.60 bits per heavy atom. The zero-order valence-electron chi connectivity index (χ0n) is 11.6. The summed E-state index contributed by atoms with van der Waals surface area (Å²) in [4.78, 5) is 0. The molecule has 0 radical (unpaired) electrons. The van der Waals surface area contributed by atoms with E-state index in [1.165, 1.54) is 31.4 Å². The first kappa shape index (κ1) is 14.2. The monoisotopic (exact) mass is 297 g/mol. The van der Waals surface area contributed by atoms with Crippen molar-refractivity contribution in [1.82, 2.24) is 0 Å². The zero-order chi connectivity index (χ0) is 14.2. The van der Waals surface area contributed by atoms with Crippen molar-refractivity contribution in [2.24, 2.45) is 11.7 Å².